The zero-order valence-corrected chi connectivity index (χ0v) is 11.1. The van der Waals surface area contributed by atoms with Crippen molar-refractivity contribution in [2.24, 2.45) is 5.92 Å². The Kier molecular flexibility index (Phi) is 5.31. The monoisotopic (exact) mass is 267 g/mol. The van der Waals surface area contributed by atoms with Crippen LogP contribution in [0.4, 0.5) is 4.39 Å². The van der Waals surface area contributed by atoms with Crippen LogP contribution in [-0.2, 0) is 0 Å². The Morgan fingerprint density at radius 1 is 1.21 bits per heavy atom. The molecule has 1 saturated heterocycles. The van der Waals surface area contributed by atoms with E-state index in [1.807, 2.05) is 0 Å². The SMILES string of the molecule is OCC1CCN(CCC(O)c2ccc(F)cc2)CC1. The van der Waals surface area contributed by atoms with Gasteiger partial charge in [0.05, 0.1) is 6.10 Å². The van der Waals surface area contributed by atoms with E-state index in [4.69, 9.17) is 5.11 Å². The van der Waals surface area contributed by atoms with E-state index in [2.05, 4.69) is 4.90 Å². The summed E-state index contributed by atoms with van der Waals surface area (Å²) in [5.74, 6) is 0.167. The predicted octanol–water partition coefficient (Wildman–Crippen LogP) is 1.95. The molecule has 0 radical (unpaired) electrons. The van der Waals surface area contributed by atoms with E-state index in [0.717, 1.165) is 38.0 Å². The molecule has 0 spiro atoms. The van der Waals surface area contributed by atoms with Gasteiger partial charge in [0, 0.05) is 13.2 Å². The van der Waals surface area contributed by atoms with Crippen LogP contribution in [-0.4, -0.2) is 41.4 Å². The average molecular weight is 267 g/mol. The maximum Gasteiger partial charge on any atom is 0.123 e. The first-order valence-corrected chi connectivity index (χ1v) is 6.96. The molecule has 1 aliphatic rings. The van der Waals surface area contributed by atoms with Crippen LogP contribution in [0.1, 0.15) is 30.9 Å². The maximum absolute atomic E-state index is 12.8. The summed E-state index contributed by atoms with van der Waals surface area (Å²) >= 11 is 0. The molecule has 1 unspecified atom stereocenters. The molecule has 1 heterocycles. The number of nitrogens with zero attached hydrogens (tertiary/aromatic N) is 1. The highest BCUT2D eigenvalue weighted by atomic mass is 19.1. The molecule has 19 heavy (non-hydrogen) atoms. The number of piperidine rings is 1. The quantitative estimate of drug-likeness (QED) is 0.857. The van der Waals surface area contributed by atoms with Gasteiger partial charge in [-0.05, 0) is 56.0 Å². The van der Waals surface area contributed by atoms with Crippen molar-refractivity contribution in [1.29, 1.82) is 0 Å². The van der Waals surface area contributed by atoms with E-state index in [9.17, 15) is 9.50 Å². The molecule has 1 aromatic carbocycles. The van der Waals surface area contributed by atoms with E-state index < -0.39 is 6.10 Å². The Morgan fingerprint density at radius 2 is 1.84 bits per heavy atom. The highest BCUT2D eigenvalue weighted by Crippen LogP contribution is 2.20. The molecule has 1 aliphatic heterocycles. The largest absolute Gasteiger partial charge is 0.396 e. The molecule has 0 aromatic heterocycles. The molecule has 1 atom stereocenters. The van der Waals surface area contributed by atoms with Crippen molar-refractivity contribution in [2.75, 3.05) is 26.2 Å². The number of benzene rings is 1. The van der Waals surface area contributed by atoms with Crippen LogP contribution in [0.3, 0.4) is 0 Å². The van der Waals surface area contributed by atoms with Gasteiger partial charge in [0.2, 0.25) is 0 Å². The minimum Gasteiger partial charge on any atom is -0.396 e. The average Bonchev–Trinajstić information content (AvgIpc) is 2.46. The molecule has 4 heteroatoms. The van der Waals surface area contributed by atoms with Gasteiger partial charge in [-0.15, -0.1) is 0 Å². The summed E-state index contributed by atoms with van der Waals surface area (Å²) in [6.07, 6.45) is 2.19. The van der Waals surface area contributed by atoms with Crippen molar-refractivity contribution in [1.82, 2.24) is 4.90 Å². The molecule has 3 nitrogen and oxygen atoms in total. The van der Waals surface area contributed by atoms with Crippen molar-refractivity contribution in [3.8, 4) is 0 Å². The van der Waals surface area contributed by atoms with Crippen LogP contribution in [0.25, 0.3) is 0 Å². The van der Waals surface area contributed by atoms with Crippen molar-refractivity contribution in [2.45, 2.75) is 25.4 Å². The normalized spacial score (nSPS) is 19.5. The molecule has 0 saturated carbocycles. The van der Waals surface area contributed by atoms with Gasteiger partial charge in [0.1, 0.15) is 5.82 Å². The Morgan fingerprint density at radius 3 is 2.42 bits per heavy atom. The first-order chi connectivity index (χ1) is 9.19. The molecule has 1 fully saturated rings. The summed E-state index contributed by atoms with van der Waals surface area (Å²) in [7, 11) is 0. The topological polar surface area (TPSA) is 43.7 Å². The van der Waals surface area contributed by atoms with E-state index in [1.54, 1.807) is 12.1 Å². The zero-order chi connectivity index (χ0) is 13.7. The van der Waals surface area contributed by atoms with E-state index in [-0.39, 0.29) is 12.4 Å². The number of halogens is 1. The Labute approximate surface area is 113 Å². The molecule has 2 rings (SSSR count). The smallest absolute Gasteiger partial charge is 0.123 e. The van der Waals surface area contributed by atoms with E-state index in [0.29, 0.717) is 12.3 Å². The molecular formula is C15H22FNO2. The summed E-state index contributed by atoms with van der Waals surface area (Å²) in [6, 6.07) is 6.03. The first kappa shape index (κ1) is 14.4. The molecule has 0 amide bonds. The van der Waals surface area contributed by atoms with Gasteiger partial charge < -0.3 is 15.1 Å². The summed E-state index contributed by atoms with van der Waals surface area (Å²) in [5, 5.41) is 19.1. The third kappa shape index (κ3) is 4.27. The molecule has 2 N–H and O–H groups in total. The lowest BCUT2D eigenvalue weighted by Gasteiger charge is -2.31. The number of hydrogen-bond acceptors (Lipinski definition) is 3. The second-order valence-corrected chi connectivity index (χ2v) is 5.32. The first-order valence-electron chi connectivity index (χ1n) is 6.96. The van der Waals surface area contributed by atoms with Crippen LogP contribution >= 0.6 is 0 Å². The van der Waals surface area contributed by atoms with Gasteiger partial charge in [-0.2, -0.15) is 0 Å². The van der Waals surface area contributed by atoms with Crippen LogP contribution in [0.5, 0.6) is 0 Å². The maximum atomic E-state index is 12.8. The lowest BCUT2D eigenvalue weighted by molar-refractivity contribution is 0.105. The predicted molar refractivity (Wildman–Crippen MR) is 72.2 cm³/mol. The zero-order valence-electron chi connectivity index (χ0n) is 11.1. The van der Waals surface area contributed by atoms with Crippen LogP contribution < -0.4 is 0 Å². The standard InChI is InChI=1S/C15H22FNO2/c16-14-3-1-13(2-4-14)15(19)7-10-17-8-5-12(11-18)6-9-17/h1-4,12,15,18-19H,5-11H2. The highest BCUT2D eigenvalue weighted by Gasteiger charge is 2.19. The van der Waals surface area contributed by atoms with Gasteiger partial charge in [0.15, 0.2) is 0 Å². The fraction of sp³-hybridized carbons (Fsp3) is 0.600. The second-order valence-electron chi connectivity index (χ2n) is 5.32. The summed E-state index contributed by atoms with van der Waals surface area (Å²) in [6.45, 7) is 3.10. The molecule has 1 aromatic rings. The minimum atomic E-state index is -0.531. The van der Waals surface area contributed by atoms with Crippen molar-refractivity contribution < 1.29 is 14.6 Å². The lowest BCUT2D eigenvalue weighted by atomic mass is 9.97. The van der Waals surface area contributed by atoms with Crippen LogP contribution in [0.2, 0.25) is 0 Å². The van der Waals surface area contributed by atoms with Gasteiger partial charge in [0.25, 0.3) is 0 Å². The van der Waals surface area contributed by atoms with Crippen molar-refractivity contribution >= 4 is 0 Å². The summed E-state index contributed by atoms with van der Waals surface area (Å²) < 4.78 is 12.8. The van der Waals surface area contributed by atoms with E-state index >= 15 is 0 Å². The summed E-state index contributed by atoms with van der Waals surface area (Å²) in [4.78, 5) is 2.32. The summed E-state index contributed by atoms with van der Waals surface area (Å²) in [5.41, 5.74) is 0.770. The van der Waals surface area contributed by atoms with Gasteiger partial charge in [-0.25, -0.2) is 4.39 Å². The number of aliphatic hydroxyl groups excluding tert-OH is 2. The number of aliphatic hydroxyl groups is 2. The third-order valence-corrected chi connectivity index (χ3v) is 3.94. The van der Waals surface area contributed by atoms with Crippen LogP contribution in [0, 0.1) is 11.7 Å². The fourth-order valence-corrected chi connectivity index (χ4v) is 2.55. The van der Waals surface area contributed by atoms with Gasteiger partial charge >= 0.3 is 0 Å². The molecular weight excluding hydrogens is 245 g/mol. The molecule has 0 aliphatic carbocycles. The minimum absolute atomic E-state index is 0.276. The second kappa shape index (κ2) is 6.98. The Hall–Kier alpha value is -0.970. The molecule has 106 valence electrons. The van der Waals surface area contributed by atoms with Gasteiger partial charge in [-0.3, -0.25) is 0 Å². The third-order valence-electron chi connectivity index (χ3n) is 3.94. The van der Waals surface area contributed by atoms with Crippen molar-refractivity contribution in [3.63, 3.8) is 0 Å². The highest BCUT2D eigenvalue weighted by molar-refractivity contribution is 5.18. The Bertz CT molecular complexity index is 374. The van der Waals surface area contributed by atoms with Crippen molar-refractivity contribution in [3.05, 3.63) is 35.6 Å². The molecule has 0 bridgehead atoms. The number of hydrogen-bond donors (Lipinski definition) is 2. The van der Waals surface area contributed by atoms with Gasteiger partial charge in [-0.1, -0.05) is 12.1 Å². The Balaban J connectivity index is 1.75. The van der Waals surface area contributed by atoms with Crippen LogP contribution in [0.15, 0.2) is 24.3 Å². The fourth-order valence-electron chi connectivity index (χ4n) is 2.55. The van der Waals surface area contributed by atoms with E-state index in [1.165, 1.54) is 12.1 Å². The number of likely N-dealkylation sites (tertiary alicyclic amines) is 1. The lowest BCUT2D eigenvalue weighted by Crippen LogP contribution is -2.35. The number of rotatable bonds is 5.